The molecule has 2 aliphatic heterocycles. The number of piperidine rings is 2. The van der Waals surface area contributed by atoms with Crippen LogP contribution >= 0.6 is 0 Å². The Morgan fingerprint density at radius 2 is 1.68 bits per heavy atom. The fourth-order valence-electron chi connectivity index (χ4n) is 5.88. The number of benzene rings is 3. The van der Waals surface area contributed by atoms with Gasteiger partial charge in [-0.3, -0.25) is 0 Å². The topological polar surface area (TPSA) is 106 Å². The zero-order valence-corrected chi connectivity index (χ0v) is 21.0. The molecular weight excluding hydrogens is 488 g/mol. The predicted molar refractivity (Wildman–Crippen MR) is 140 cm³/mol. The van der Waals surface area contributed by atoms with Crippen molar-refractivity contribution >= 4 is 11.7 Å². The number of nitriles is 1. The summed E-state index contributed by atoms with van der Waals surface area (Å²) in [5.41, 5.74) is 8.43. The quantitative estimate of drug-likeness (QED) is 0.487. The summed E-state index contributed by atoms with van der Waals surface area (Å²) in [5.74, 6) is -2.10. The molecular formula is C29H29F2N5O2. The van der Waals surface area contributed by atoms with Gasteiger partial charge in [0.05, 0.1) is 11.6 Å². The number of aliphatic hydroxyl groups is 1. The van der Waals surface area contributed by atoms with E-state index in [0.29, 0.717) is 25.2 Å². The molecule has 2 aliphatic rings. The third-order valence-corrected chi connectivity index (χ3v) is 7.69. The zero-order chi connectivity index (χ0) is 27.0. The molecule has 0 radical (unpaired) electrons. The maximum atomic E-state index is 13.6. The fraction of sp³-hybridized carbons (Fsp3) is 0.310. The van der Waals surface area contributed by atoms with Crippen molar-refractivity contribution in [1.82, 2.24) is 9.80 Å². The minimum atomic E-state index is -1.16. The first-order valence-electron chi connectivity index (χ1n) is 12.5. The van der Waals surface area contributed by atoms with Crippen molar-refractivity contribution in [3.8, 4) is 17.2 Å². The third kappa shape index (κ3) is 4.74. The third-order valence-electron chi connectivity index (χ3n) is 7.69. The number of hydrogen-bond donors (Lipinski definition) is 3. The molecule has 0 unspecified atom stereocenters. The van der Waals surface area contributed by atoms with Gasteiger partial charge in [0.15, 0.2) is 0 Å². The number of carbonyl (C=O) groups excluding carboxylic acids is 1. The highest BCUT2D eigenvalue weighted by Gasteiger charge is 2.53. The molecule has 3 aromatic rings. The Morgan fingerprint density at radius 3 is 2.26 bits per heavy atom. The number of nitrogens with one attached hydrogen (secondary N) is 1. The van der Waals surface area contributed by atoms with Crippen LogP contribution in [0.4, 0.5) is 19.3 Å². The Hall–Kier alpha value is -3.84. The number of anilines is 1. The highest BCUT2D eigenvalue weighted by atomic mass is 19.1. The molecule has 0 aromatic heterocycles. The van der Waals surface area contributed by atoms with Gasteiger partial charge in [0.2, 0.25) is 0 Å². The second-order valence-corrected chi connectivity index (χ2v) is 10.2. The standard InChI is InChI=1S/C29H29F2N5O2/c1-35-14-22-16-36(28(37)34-26-10-24(30)9-25(31)11-26)17-23(15-35)29(22,38)21-5-3-19(4-6-21)27-7-2-18(12-32)8-20(27)13-33/h2-11,22-23,38H,12,14-17,32H2,1H3,(H,34,37)/t22-,23+,29-. The van der Waals surface area contributed by atoms with Crippen LogP contribution in [0.3, 0.4) is 0 Å². The summed E-state index contributed by atoms with van der Waals surface area (Å²) in [6, 6.07) is 17.8. The van der Waals surface area contributed by atoms with Gasteiger partial charge in [-0.25, -0.2) is 13.6 Å². The van der Waals surface area contributed by atoms with E-state index in [1.54, 1.807) is 11.0 Å². The molecule has 0 spiro atoms. The molecule has 2 bridgehead atoms. The number of rotatable bonds is 4. The fourth-order valence-corrected chi connectivity index (χ4v) is 5.88. The molecule has 38 heavy (non-hydrogen) atoms. The average molecular weight is 518 g/mol. The van der Waals surface area contributed by atoms with E-state index in [-0.39, 0.29) is 30.6 Å². The van der Waals surface area contributed by atoms with E-state index in [1.807, 2.05) is 43.4 Å². The zero-order valence-electron chi connectivity index (χ0n) is 21.0. The molecule has 3 aromatic carbocycles. The number of fused-ring (bicyclic) bond motifs is 2. The summed E-state index contributed by atoms with van der Waals surface area (Å²) >= 11 is 0. The number of likely N-dealkylation sites (tertiary alicyclic amines) is 2. The summed E-state index contributed by atoms with van der Waals surface area (Å²) in [7, 11) is 1.99. The van der Waals surface area contributed by atoms with Gasteiger partial charge in [0, 0.05) is 56.3 Å². The summed E-state index contributed by atoms with van der Waals surface area (Å²) in [6.07, 6.45) is 0. The number of nitrogens with zero attached hydrogens (tertiary/aromatic N) is 3. The van der Waals surface area contributed by atoms with Gasteiger partial charge in [0.1, 0.15) is 17.2 Å². The average Bonchev–Trinajstić information content (AvgIpc) is 2.88. The summed E-state index contributed by atoms with van der Waals surface area (Å²) < 4.78 is 27.2. The molecule has 0 aliphatic carbocycles. The van der Waals surface area contributed by atoms with Crippen molar-refractivity contribution in [2.45, 2.75) is 12.1 Å². The largest absolute Gasteiger partial charge is 0.384 e. The van der Waals surface area contributed by atoms with Gasteiger partial charge in [-0.2, -0.15) is 5.26 Å². The number of hydrogen-bond acceptors (Lipinski definition) is 5. The Bertz CT molecular complexity index is 1370. The van der Waals surface area contributed by atoms with Crippen molar-refractivity contribution in [1.29, 1.82) is 5.26 Å². The van der Waals surface area contributed by atoms with Crippen molar-refractivity contribution in [3.05, 3.63) is 89.0 Å². The lowest BCUT2D eigenvalue weighted by Gasteiger charge is -2.55. The summed E-state index contributed by atoms with van der Waals surface area (Å²) in [4.78, 5) is 16.7. The van der Waals surface area contributed by atoms with E-state index in [4.69, 9.17) is 5.73 Å². The first kappa shape index (κ1) is 25.8. The summed E-state index contributed by atoms with van der Waals surface area (Å²) in [5, 5.41) is 24.3. The molecule has 4 N–H and O–H groups in total. The van der Waals surface area contributed by atoms with E-state index in [2.05, 4.69) is 16.3 Å². The Kier molecular flexibility index (Phi) is 6.88. The smallest absolute Gasteiger partial charge is 0.321 e. The van der Waals surface area contributed by atoms with E-state index in [1.165, 1.54) is 0 Å². The minimum absolute atomic E-state index is 0.0439. The van der Waals surface area contributed by atoms with Crippen molar-refractivity contribution in [2.75, 3.05) is 38.5 Å². The summed E-state index contributed by atoms with van der Waals surface area (Å²) in [6.45, 7) is 2.06. The molecule has 9 heteroatoms. The molecule has 0 saturated carbocycles. The van der Waals surface area contributed by atoms with Gasteiger partial charge in [-0.1, -0.05) is 36.4 Å². The highest BCUT2D eigenvalue weighted by molar-refractivity contribution is 5.89. The van der Waals surface area contributed by atoms with Crippen LogP contribution in [0.25, 0.3) is 11.1 Å². The molecule has 3 atom stereocenters. The predicted octanol–water partition coefficient (Wildman–Crippen LogP) is 3.88. The molecule has 2 amide bonds. The van der Waals surface area contributed by atoms with Crippen LogP contribution in [0.15, 0.2) is 60.7 Å². The van der Waals surface area contributed by atoms with E-state index >= 15 is 0 Å². The Morgan fingerprint density at radius 1 is 1.05 bits per heavy atom. The molecule has 7 nitrogen and oxygen atoms in total. The van der Waals surface area contributed by atoms with Gasteiger partial charge in [0.25, 0.3) is 0 Å². The van der Waals surface area contributed by atoms with Crippen molar-refractivity contribution in [3.63, 3.8) is 0 Å². The normalized spacial score (nSPS) is 23.1. The number of amides is 2. The van der Waals surface area contributed by atoms with Crippen LogP contribution in [0.2, 0.25) is 0 Å². The first-order chi connectivity index (χ1) is 18.2. The van der Waals surface area contributed by atoms with E-state index in [9.17, 15) is 23.9 Å². The second-order valence-electron chi connectivity index (χ2n) is 10.2. The number of nitrogens with two attached hydrogens (primary N) is 1. The van der Waals surface area contributed by atoms with Crippen LogP contribution in [0.1, 0.15) is 16.7 Å². The molecule has 2 fully saturated rings. The van der Waals surface area contributed by atoms with E-state index in [0.717, 1.165) is 40.5 Å². The van der Waals surface area contributed by atoms with Crippen LogP contribution in [-0.2, 0) is 12.1 Å². The van der Waals surface area contributed by atoms with Gasteiger partial charge in [-0.05, 0) is 47.5 Å². The number of urea groups is 1. The van der Waals surface area contributed by atoms with Gasteiger partial charge >= 0.3 is 6.03 Å². The maximum Gasteiger partial charge on any atom is 0.321 e. The minimum Gasteiger partial charge on any atom is -0.384 e. The van der Waals surface area contributed by atoms with Crippen LogP contribution in [-0.4, -0.2) is 54.2 Å². The molecule has 2 saturated heterocycles. The van der Waals surface area contributed by atoms with Crippen LogP contribution < -0.4 is 11.1 Å². The lowest BCUT2D eigenvalue weighted by Crippen LogP contribution is -2.65. The maximum absolute atomic E-state index is 13.6. The first-order valence-corrected chi connectivity index (χ1v) is 12.5. The lowest BCUT2D eigenvalue weighted by molar-refractivity contribution is -0.153. The molecule has 196 valence electrons. The van der Waals surface area contributed by atoms with Gasteiger partial charge < -0.3 is 26.0 Å². The number of halogens is 2. The molecule has 5 rings (SSSR count). The van der Waals surface area contributed by atoms with Crippen LogP contribution in [0, 0.1) is 34.8 Å². The highest BCUT2D eigenvalue weighted by Crippen LogP contribution is 2.45. The monoisotopic (exact) mass is 517 g/mol. The van der Waals surface area contributed by atoms with Crippen molar-refractivity contribution in [2.24, 2.45) is 17.6 Å². The SMILES string of the molecule is CN1C[C@@H]2CN(C(=O)Nc3cc(F)cc(F)c3)C[C@H](C1)[C@@]2(O)c1ccc(-c2ccc(CN)cc2C#N)cc1. The van der Waals surface area contributed by atoms with E-state index < -0.39 is 23.3 Å². The van der Waals surface area contributed by atoms with Crippen LogP contribution in [0.5, 0.6) is 0 Å². The Balaban J connectivity index is 1.39. The van der Waals surface area contributed by atoms with Crippen molar-refractivity contribution < 1.29 is 18.7 Å². The van der Waals surface area contributed by atoms with Gasteiger partial charge in [-0.15, -0.1) is 0 Å². The second kappa shape index (κ2) is 10.1. The Labute approximate surface area is 220 Å². The molecule has 2 heterocycles. The number of carbonyl (C=O) groups is 1. The lowest BCUT2D eigenvalue weighted by atomic mass is 9.66.